The van der Waals surface area contributed by atoms with Crippen LogP contribution in [0.4, 0.5) is 5.82 Å². The second-order valence-electron chi connectivity index (χ2n) is 3.44. The van der Waals surface area contributed by atoms with E-state index in [1.54, 1.807) is 19.4 Å². The summed E-state index contributed by atoms with van der Waals surface area (Å²) in [4.78, 5) is 4.08. The van der Waals surface area contributed by atoms with E-state index in [2.05, 4.69) is 16.4 Å². The lowest BCUT2D eigenvalue weighted by Crippen LogP contribution is -2.29. The Hall–Kier alpha value is -1.64. The van der Waals surface area contributed by atoms with Gasteiger partial charge in [0, 0.05) is 13.3 Å². The second-order valence-corrected chi connectivity index (χ2v) is 3.44. The fraction of sp³-hybridized carbons (Fsp3) is 0.455. The molecule has 0 fully saturated rings. The minimum absolute atomic E-state index is 0.0751. The van der Waals surface area contributed by atoms with Gasteiger partial charge in [-0.3, -0.25) is 0 Å². The molecule has 1 atom stereocenters. The van der Waals surface area contributed by atoms with E-state index in [1.807, 2.05) is 6.92 Å². The third-order valence-corrected chi connectivity index (χ3v) is 2.20. The van der Waals surface area contributed by atoms with Gasteiger partial charge in [0.05, 0.1) is 24.8 Å². The number of pyridine rings is 1. The Morgan fingerprint density at radius 2 is 2.44 bits per heavy atom. The molecule has 16 heavy (non-hydrogen) atoms. The Morgan fingerprint density at radius 3 is 3.00 bits per heavy atom. The van der Waals surface area contributed by atoms with Gasteiger partial charge in [0.2, 0.25) is 0 Å². The maximum absolute atomic E-state index is 9.10. The average molecular weight is 221 g/mol. The summed E-state index contributed by atoms with van der Waals surface area (Å²) in [7, 11) is 1.55. The number of rotatable bonds is 5. The molecular weight excluding hydrogens is 206 g/mol. The molecule has 0 saturated heterocycles. The number of nitrogens with zero attached hydrogens (tertiary/aromatic N) is 2. The van der Waals surface area contributed by atoms with Gasteiger partial charge in [0.15, 0.2) is 0 Å². The molecule has 1 aromatic heterocycles. The Morgan fingerprint density at radius 1 is 1.69 bits per heavy atom. The Bertz CT molecular complexity index is 387. The largest absolute Gasteiger partial charge is 0.394 e. The molecule has 0 spiro atoms. The van der Waals surface area contributed by atoms with Crippen LogP contribution in [0.1, 0.15) is 11.1 Å². The fourth-order valence-electron chi connectivity index (χ4n) is 1.34. The Balaban J connectivity index is 2.88. The first-order valence-electron chi connectivity index (χ1n) is 4.95. The molecule has 86 valence electrons. The second kappa shape index (κ2) is 6.05. The SMILES string of the molecule is COCC(CO)Nc1nccc(C)c1C#N. The molecule has 5 heteroatoms. The van der Waals surface area contributed by atoms with Gasteiger partial charge >= 0.3 is 0 Å². The predicted octanol–water partition coefficient (Wildman–Crippen LogP) is 0.681. The quantitative estimate of drug-likeness (QED) is 0.764. The number of nitriles is 1. The van der Waals surface area contributed by atoms with Crippen LogP contribution in [0.5, 0.6) is 0 Å². The molecule has 1 unspecified atom stereocenters. The predicted molar refractivity (Wildman–Crippen MR) is 60.1 cm³/mol. The van der Waals surface area contributed by atoms with Crippen LogP contribution in [0.2, 0.25) is 0 Å². The molecule has 1 aromatic rings. The molecule has 0 aliphatic rings. The number of aromatic nitrogens is 1. The van der Waals surface area contributed by atoms with Crippen molar-refractivity contribution in [3.05, 3.63) is 23.4 Å². The van der Waals surface area contributed by atoms with Crippen molar-refractivity contribution in [2.75, 3.05) is 25.6 Å². The summed E-state index contributed by atoms with van der Waals surface area (Å²) in [5.74, 6) is 0.485. The molecule has 5 nitrogen and oxygen atoms in total. The lowest BCUT2D eigenvalue weighted by atomic mass is 10.1. The number of nitrogens with one attached hydrogen (secondary N) is 1. The number of ether oxygens (including phenoxy) is 1. The molecule has 0 aromatic carbocycles. The lowest BCUT2D eigenvalue weighted by molar-refractivity contribution is 0.153. The molecule has 0 aliphatic heterocycles. The number of hydrogen-bond donors (Lipinski definition) is 2. The number of methoxy groups -OCH3 is 1. The van der Waals surface area contributed by atoms with Gasteiger partial charge in [0.1, 0.15) is 11.9 Å². The highest BCUT2D eigenvalue weighted by atomic mass is 16.5. The summed E-state index contributed by atoms with van der Waals surface area (Å²) >= 11 is 0. The van der Waals surface area contributed by atoms with Crippen LogP contribution in [-0.4, -0.2) is 36.5 Å². The van der Waals surface area contributed by atoms with Crippen molar-refractivity contribution in [2.45, 2.75) is 13.0 Å². The smallest absolute Gasteiger partial charge is 0.144 e. The van der Waals surface area contributed by atoms with Gasteiger partial charge in [0.25, 0.3) is 0 Å². The van der Waals surface area contributed by atoms with Gasteiger partial charge in [-0.05, 0) is 18.6 Å². The van der Waals surface area contributed by atoms with E-state index in [4.69, 9.17) is 15.1 Å². The normalized spacial score (nSPS) is 11.9. The highest BCUT2D eigenvalue weighted by Gasteiger charge is 2.11. The highest BCUT2D eigenvalue weighted by molar-refractivity contribution is 5.55. The van der Waals surface area contributed by atoms with E-state index in [-0.39, 0.29) is 12.6 Å². The van der Waals surface area contributed by atoms with Crippen molar-refractivity contribution in [1.29, 1.82) is 5.26 Å². The van der Waals surface area contributed by atoms with E-state index >= 15 is 0 Å². The third kappa shape index (κ3) is 2.92. The van der Waals surface area contributed by atoms with Crippen LogP contribution < -0.4 is 5.32 Å². The Labute approximate surface area is 94.7 Å². The molecule has 2 N–H and O–H groups in total. The number of aliphatic hydroxyl groups excluding tert-OH is 1. The number of hydrogen-bond acceptors (Lipinski definition) is 5. The summed E-state index contributed by atoms with van der Waals surface area (Å²) in [6.07, 6.45) is 1.62. The summed E-state index contributed by atoms with van der Waals surface area (Å²) in [6, 6.07) is 3.60. The summed E-state index contributed by atoms with van der Waals surface area (Å²) < 4.78 is 4.94. The monoisotopic (exact) mass is 221 g/mol. The fourth-order valence-corrected chi connectivity index (χ4v) is 1.34. The zero-order valence-electron chi connectivity index (χ0n) is 9.40. The van der Waals surface area contributed by atoms with Crippen LogP contribution in [-0.2, 0) is 4.74 Å². The maximum Gasteiger partial charge on any atom is 0.144 e. The summed E-state index contributed by atoms with van der Waals surface area (Å²) in [6.45, 7) is 2.13. The Kier molecular flexibility index (Phi) is 4.70. The van der Waals surface area contributed by atoms with Crippen molar-refractivity contribution in [3.8, 4) is 6.07 Å². The molecule has 0 aliphatic carbocycles. The van der Waals surface area contributed by atoms with Gasteiger partial charge in [-0.15, -0.1) is 0 Å². The molecule has 0 amide bonds. The summed E-state index contributed by atoms with van der Waals surface area (Å²) in [5.41, 5.74) is 1.35. The maximum atomic E-state index is 9.10. The zero-order chi connectivity index (χ0) is 12.0. The van der Waals surface area contributed by atoms with E-state index in [0.29, 0.717) is 18.0 Å². The highest BCUT2D eigenvalue weighted by Crippen LogP contribution is 2.15. The molecule has 1 rings (SSSR count). The van der Waals surface area contributed by atoms with Crippen molar-refractivity contribution in [2.24, 2.45) is 0 Å². The number of aryl methyl sites for hydroxylation is 1. The first-order valence-corrected chi connectivity index (χ1v) is 4.95. The van der Waals surface area contributed by atoms with Crippen molar-refractivity contribution in [1.82, 2.24) is 4.98 Å². The molecule has 1 heterocycles. The first kappa shape index (κ1) is 12.4. The van der Waals surface area contributed by atoms with Gasteiger partial charge in [-0.2, -0.15) is 5.26 Å². The summed E-state index contributed by atoms with van der Waals surface area (Å²) in [5, 5.41) is 21.1. The minimum Gasteiger partial charge on any atom is -0.394 e. The van der Waals surface area contributed by atoms with Crippen molar-refractivity contribution in [3.63, 3.8) is 0 Å². The minimum atomic E-state index is -0.258. The van der Waals surface area contributed by atoms with E-state index in [1.165, 1.54) is 0 Å². The lowest BCUT2D eigenvalue weighted by Gasteiger charge is -2.16. The van der Waals surface area contributed by atoms with Gasteiger partial charge < -0.3 is 15.2 Å². The molecule has 0 bridgehead atoms. The zero-order valence-corrected chi connectivity index (χ0v) is 9.40. The molecule has 0 radical (unpaired) electrons. The van der Waals surface area contributed by atoms with E-state index < -0.39 is 0 Å². The van der Waals surface area contributed by atoms with Crippen LogP contribution in [0.25, 0.3) is 0 Å². The van der Waals surface area contributed by atoms with Crippen LogP contribution >= 0.6 is 0 Å². The number of anilines is 1. The van der Waals surface area contributed by atoms with Crippen LogP contribution in [0.3, 0.4) is 0 Å². The van der Waals surface area contributed by atoms with Crippen LogP contribution in [0.15, 0.2) is 12.3 Å². The van der Waals surface area contributed by atoms with E-state index in [9.17, 15) is 0 Å². The van der Waals surface area contributed by atoms with E-state index in [0.717, 1.165) is 5.56 Å². The van der Waals surface area contributed by atoms with Gasteiger partial charge in [-0.25, -0.2) is 4.98 Å². The van der Waals surface area contributed by atoms with Crippen molar-refractivity contribution >= 4 is 5.82 Å². The third-order valence-electron chi connectivity index (χ3n) is 2.20. The number of aliphatic hydroxyl groups is 1. The molecular formula is C11H15N3O2. The standard InChI is InChI=1S/C11H15N3O2/c1-8-3-4-13-11(10(8)5-12)14-9(6-15)7-16-2/h3-4,9,15H,6-7H2,1-2H3,(H,13,14). The molecule has 0 saturated carbocycles. The topological polar surface area (TPSA) is 78.2 Å². The average Bonchev–Trinajstić information content (AvgIpc) is 2.28. The first-order chi connectivity index (χ1) is 7.72. The van der Waals surface area contributed by atoms with Crippen molar-refractivity contribution < 1.29 is 9.84 Å². The van der Waals surface area contributed by atoms with Crippen LogP contribution in [0, 0.1) is 18.3 Å². The van der Waals surface area contributed by atoms with Gasteiger partial charge in [-0.1, -0.05) is 0 Å².